The molecule has 0 saturated carbocycles. The van der Waals surface area contributed by atoms with Crippen molar-refractivity contribution in [1.82, 2.24) is 9.58 Å². The zero-order valence-corrected chi connectivity index (χ0v) is 18.9. The van der Waals surface area contributed by atoms with E-state index >= 15 is 0 Å². The number of fused-ring (bicyclic) bond motifs is 1. The third kappa shape index (κ3) is 3.23. The van der Waals surface area contributed by atoms with Crippen LogP contribution in [0.15, 0.2) is 62.7 Å². The Kier molecular flexibility index (Phi) is 4.74. The first-order valence-corrected chi connectivity index (χ1v) is 11.0. The molecule has 2 aromatic heterocycles. The zero-order chi connectivity index (χ0) is 22.6. The first-order chi connectivity index (χ1) is 15.3. The second kappa shape index (κ2) is 7.49. The number of benzene rings is 1. The van der Waals surface area contributed by atoms with E-state index in [0.29, 0.717) is 16.0 Å². The van der Waals surface area contributed by atoms with Crippen LogP contribution in [-0.2, 0) is 4.79 Å². The summed E-state index contributed by atoms with van der Waals surface area (Å²) < 4.78 is 7.55. The minimum atomic E-state index is -0.444. The number of carbonyl (C=O) groups excluding carboxylic acids is 1. The number of aliphatic imine (C=N–C) groups is 1. The molecule has 5 rings (SSSR count). The van der Waals surface area contributed by atoms with E-state index < -0.39 is 5.91 Å². The van der Waals surface area contributed by atoms with Crippen molar-refractivity contribution < 1.29 is 9.21 Å². The normalized spacial score (nSPS) is 17.1. The third-order valence-corrected chi connectivity index (χ3v) is 6.63. The van der Waals surface area contributed by atoms with Crippen LogP contribution in [0, 0.1) is 33.1 Å². The van der Waals surface area contributed by atoms with E-state index in [1.165, 1.54) is 27.9 Å². The fraction of sp³-hybridized carbons (Fsp3) is 0.167. The molecule has 0 atom stereocenters. The average Bonchev–Trinajstić information content (AvgIpc) is 3.47. The van der Waals surface area contributed by atoms with Crippen LogP contribution in [0.4, 0.5) is 0 Å². The summed E-state index contributed by atoms with van der Waals surface area (Å²) in [5.74, 6) is 0.139. The number of carbonyl (C=O) groups is 1. The summed E-state index contributed by atoms with van der Waals surface area (Å²) in [7, 11) is 0. The van der Waals surface area contributed by atoms with E-state index in [9.17, 15) is 4.79 Å². The van der Waals surface area contributed by atoms with Gasteiger partial charge in [0.25, 0.3) is 5.91 Å². The van der Waals surface area contributed by atoms with Gasteiger partial charge in [0.05, 0.1) is 11.8 Å². The number of furan rings is 1. The highest BCUT2D eigenvalue weighted by Crippen LogP contribution is 2.32. The molecule has 0 fully saturated rings. The lowest BCUT2D eigenvalue weighted by molar-refractivity contribution is -0.114. The van der Waals surface area contributed by atoms with Gasteiger partial charge < -0.3 is 8.98 Å². The van der Waals surface area contributed by atoms with Crippen molar-refractivity contribution in [3.05, 3.63) is 82.1 Å². The summed E-state index contributed by atoms with van der Waals surface area (Å²) in [5.41, 5.74) is 6.65. The van der Waals surface area contributed by atoms with Gasteiger partial charge in [0.15, 0.2) is 16.6 Å². The molecule has 0 aliphatic carbocycles. The molecular weight excluding hydrogens is 422 g/mol. The minimum absolute atomic E-state index is 0.00467. The van der Waals surface area contributed by atoms with Crippen LogP contribution in [-0.4, -0.2) is 31.5 Å². The molecular formula is C24H21N5O2S. The molecule has 2 aliphatic rings. The Morgan fingerprint density at radius 3 is 2.62 bits per heavy atom. The van der Waals surface area contributed by atoms with Gasteiger partial charge in [-0.1, -0.05) is 6.07 Å². The number of nitrogens with one attached hydrogen (secondary N) is 1. The average molecular weight is 444 g/mol. The molecule has 32 heavy (non-hydrogen) atoms. The van der Waals surface area contributed by atoms with E-state index in [2.05, 4.69) is 46.7 Å². The van der Waals surface area contributed by atoms with E-state index in [1.54, 1.807) is 24.5 Å². The topological polar surface area (TPSA) is 86.9 Å². The SMILES string of the molecule is Cc1ccc(-n2c(C)cc(/C=C3/C(=N)N4N=C(c5ccco5)SC4=NC3=O)c2C)cc1C. The van der Waals surface area contributed by atoms with Crippen LogP contribution in [0.1, 0.15) is 33.8 Å². The number of hydrogen-bond donors (Lipinski definition) is 1. The quantitative estimate of drug-likeness (QED) is 0.579. The standard InChI is InChI=1S/C24H21N5O2S/c1-13-7-8-18(10-14(13)2)28-15(3)11-17(16(28)4)12-19-21(25)29-24(26-22(19)30)32-23(27-29)20-6-5-9-31-20/h5-12,25H,1-4H3/b19-12-,25-21?. The van der Waals surface area contributed by atoms with Gasteiger partial charge in [-0.3, -0.25) is 10.2 Å². The Balaban J connectivity index is 1.53. The van der Waals surface area contributed by atoms with Crippen LogP contribution in [0.2, 0.25) is 0 Å². The molecule has 2 aliphatic heterocycles. The number of amidine groups is 2. The van der Waals surface area contributed by atoms with E-state index in [0.717, 1.165) is 22.6 Å². The molecule has 160 valence electrons. The fourth-order valence-electron chi connectivity index (χ4n) is 3.84. The predicted molar refractivity (Wildman–Crippen MR) is 128 cm³/mol. The maximum Gasteiger partial charge on any atom is 0.283 e. The van der Waals surface area contributed by atoms with Gasteiger partial charge in [-0.15, -0.1) is 0 Å². The Labute approximate surface area is 189 Å². The highest BCUT2D eigenvalue weighted by atomic mass is 32.2. The fourth-order valence-corrected chi connectivity index (χ4v) is 4.70. The van der Waals surface area contributed by atoms with Crippen molar-refractivity contribution in [2.45, 2.75) is 27.7 Å². The molecule has 7 nitrogen and oxygen atoms in total. The lowest BCUT2D eigenvalue weighted by Crippen LogP contribution is -2.35. The summed E-state index contributed by atoms with van der Waals surface area (Å²) in [6.45, 7) is 8.24. The smallest absolute Gasteiger partial charge is 0.283 e. The van der Waals surface area contributed by atoms with E-state index in [4.69, 9.17) is 9.83 Å². The Morgan fingerprint density at radius 1 is 1.09 bits per heavy atom. The van der Waals surface area contributed by atoms with Crippen LogP contribution in [0.3, 0.4) is 0 Å². The van der Waals surface area contributed by atoms with E-state index in [1.807, 2.05) is 19.9 Å². The highest BCUT2D eigenvalue weighted by molar-refractivity contribution is 8.27. The van der Waals surface area contributed by atoms with Gasteiger partial charge in [0, 0.05) is 17.1 Å². The first-order valence-electron chi connectivity index (χ1n) is 10.1. The van der Waals surface area contributed by atoms with Crippen LogP contribution < -0.4 is 0 Å². The molecule has 1 aromatic carbocycles. The molecule has 1 amide bonds. The maximum atomic E-state index is 12.8. The van der Waals surface area contributed by atoms with Crippen molar-refractivity contribution in [2.75, 3.05) is 0 Å². The van der Waals surface area contributed by atoms with E-state index in [-0.39, 0.29) is 11.4 Å². The summed E-state index contributed by atoms with van der Waals surface area (Å²) in [5, 5.41) is 15.4. The van der Waals surface area contributed by atoms with Crippen molar-refractivity contribution in [2.24, 2.45) is 10.1 Å². The van der Waals surface area contributed by atoms with Crippen LogP contribution >= 0.6 is 11.8 Å². The lowest BCUT2D eigenvalue weighted by Gasteiger charge is -2.20. The largest absolute Gasteiger partial charge is 0.462 e. The van der Waals surface area contributed by atoms with Crippen LogP contribution in [0.25, 0.3) is 11.8 Å². The molecule has 0 bridgehead atoms. The Bertz CT molecular complexity index is 1380. The molecule has 0 radical (unpaired) electrons. The number of aromatic nitrogens is 1. The van der Waals surface area contributed by atoms with Gasteiger partial charge in [0.1, 0.15) is 0 Å². The number of hydrogen-bond acceptors (Lipinski definition) is 5. The van der Waals surface area contributed by atoms with Crippen molar-refractivity contribution in [1.29, 1.82) is 5.41 Å². The molecule has 8 heteroatoms. The van der Waals surface area contributed by atoms with Crippen molar-refractivity contribution in [3.63, 3.8) is 0 Å². The minimum Gasteiger partial charge on any atom is -0.462 e. The Morgan fingerprint density at radius 2 is 1.91 bits per heavy atom. The summed E-state index contributed by atoms with van der Waals surface area (Å²) in [4.78, 5) is 16.9. The second-order valence-electron chi connectivity index (χ2n) is 7.83. The summed E-state index contributed by atoms with van der Waals surface area (Å²) >= 11 is 1.22. The number of aryl methyl sites for hydroxylation is 3. The van der Waals surface area contributed by atoms with Gasteiger partial charge in [-0.05, 0) is 92.6 Å². The van der Waals surface area contributed by atoms with Gasteiger partial charge in [-0.25, -0.2) is 0 Å². The summed E-state index contributed by atoms with van der Waals surface area (Å²) in [6, 6.07) is 11.9. The number of thioether (sulfide) groups is 1. The molecule has 0 unspecified atom stereocenters. The van der Waals surface area contributed by atoms with Crippen molar-refractivity contribution >= 4 is 39.8 Å². The van der Waals surface area contributed by atoms with Gasteiger partial charge in [-0.2, -0.15) is 15.1 Å². The van der Waals surface area contributed by atoms with Crippen LogP contribution in [0.5, 0.6) is 0 Å². The van der Waals surface area contributed by atoms with Gasteiger partial charge in [0.2, 0.25) is 5.17 Å². The molecule has 0 saturated heterocycles. The third-order valence-electron chi connectivity index (χ3n) is 5.71. The molecule has 4 heterocycles. The van der Waals surface area contributed by atoms with Crippen molar-refractivity contribution in [3.8, 4) is 5.69 Å². The monoisotopic (exact) mass is 443 g/mol. The summed E-state index contributed by atoms with van der Waals surface area (Å²) in [6.07, 6.45) is 3.29. The molecule has 1 N–H and O–H groups in total. The Hall–Kier alpha value is -3.65. The highest BCUT2D eigenvalue weighted by Gasteiger charge is 2.36. The zero-order valence-electron chi connectivity index (χ0n) is 18.1. The number of amides is 1. The maximum absolute atomic E-state index is 12.8. The second-order valence-corrected chi connectivity index (χ2v) is 8.79. The van der Waals surface area contributed by atoms with Gasteiger partial charge >= 0.3 is 0 Å². The first kappa shape index (κ1) is 20.3. The lowest BCUT2D eigenvalue weighted by atomic mass is 10.1. The predicted octanol–water partition coefficient (Wildman–Crippen LogP) is 4.97. The number of rotatable bonds is 3. The number of hydrazone groups is 1. The molecule has 0 spiro atoms. The number of nitrogens with zero attached hydrogens (tertiary/aromatic N) is 4. The molecule has 3 aromatic rings.